The first-order valence-corrected chi connectivity index (χ1v) is 10.7. The molecule has 0 saturated carbocycles. The second kappa shape index (κ2) is 21.4. The zero-order chi connectivity index (χ0) is 15.6. The molecule has 0 aromatic rings. The summed E-state index contributed by atoms with van der Waals surface area (Å²) < 4.78 is 10.5. The van der Waals surface area contributed by atoms with E-state index >= 15 is 0 Å². The largest absolute Gasteiger partial charge is 0.346 e. The molecule has 0 aliphatic rings. The fourth-order valence-corrected chi connectivity index (χ4v) is 3.08. The van der Waals surface area contributed by atoms with Crippen LogP contribution in [0.4, 0.5) is 0 Å². The summed E-state index contributed by atoms with van der Waals surface area (Å²) in [6.45, 7) is 2.26. The molecule has 0 radical (unpaired) electrons. The molecular formula is C18H37NiO2P. The van der Waals surface area contributed by atoms with Crippen LogP contribution in [0.25, 0.3) is 0 Å². The Bertz CT molecular complexity index is 257. The van der Waals surface area contributed by atoms with Gasteiger partial charge in [-0.15, -0.1) is 0 Å². The molecule has 0 aliphatic carbocycles. The predicted octanol–water partition coefficient (Wildman–Crippen LogP) is 6.49. The van der Waals surface area contributed by atoms with Gasteiger partial charge in [0.1, 0.15) is 0 Å². The van der Waals surface area contributed by atoms with Crippen molar-refractivity contribution in [3.05, 3.63) is 12.2 Å². The van der Waals surface area contributed by atoms with Crippen LogP contribution in [-0.2, 0) is 21.1 Å². The van der Waals surface area contributed by atoms with Crippen molar-refractivity contribution in [2.45, 2.75) is 96.8 Å². The summed E-state index contributed by atoms with van der Waals surface area (Å²) in [4.78, 5) is 8.71. The fraction of sp³-hybridized carbons (Fsp3) is 0.889. The molecule has 0 bridgehead atoms. The van der Waals surface area contributed by atoms with Crippen molar-refractivity contribution in [2.75, 3.05) is 6.16 Å². The Balaban J connectivity index is 0. The second-order valence-corrected chi connectivity index (χ2v) is 7.37. The summed E-state index contributed by atoms with van der Waals surface area (Å²) in [7, 11) is -2.21. The first kappa shape index (κ1) is 24.7. The summed E-state index contributed by atoms with van der Waals surface area (Å²) in [6.07, 6.45) is 23.1. The Kier molecular flexibility index (Phi) is 24.0. The molecule has 0 fully saturated rings. The summed E-state index contributed by atoms with van der Waals surface area (Å²) >= 11 is 0. The summed E-state index contributed by atoms with van der Waals surface area (Å²) in [5.74, 6) is 0. The first-order valence-electron chi connectivity index (χ1n) is 9.14. The smallest absolute Gasteiger partial charge is 0.189 e. The Labute approximate surface area is 149 Å². The third kappa shape index (κ3) is 22.7. The molecule has 0 aromatic heterocycles. The van der Waals surface area contributed by atoms with Crippen LogP contribution in [0.5, 0.6) is 0 Å². The number of hydrogen-bond donors (Lipinski definition) is 1. The van der Waals surface area contributed by atoms with Crippen LogP contribution < -0.4 is 0 Å². The van der Waals surface area contributed by atoms with Gasteiger partial charge in [-0.1, -0.05) is 76.9 Å². The van der Waals surface area contributed by atoms with E-state index in [0.29, 0.717) is 6.16 Å². The van der Waals surface area contributed by atoms with Crippen LogP contribution in [-0.4, -0.2) is 11.1 Å². The van der Waals surface area contributed by atoms with E-state index in [2.05, 4.69) is 19.1 Å². The van der Waals surface area contributed by atoms with E-state index in [0.717, 1.165) is 12.8 Å². The Hall–Kier alpha value is 0.424. The standard InChI is InChI=1S/C18H37O2P.Ni/c1-2-3-4-5-6-7-8-9-10-11-12-13-14-15-16-17-18-21(19)20;/h9-10,21H,2-8,11-18H2,1H3,(H,19,20);/b10-9-;. The maximum Gasteiger partial charge on any atom is 0.189 e. The SMILES string of the molecule is CCCCCCCC/C=C\CCCCCCCC[PH](=O)O.[Ni]. The van der Waals surface area contributed by atoms with Crippen molar-refractivity contribution in [1.29, 1.82) is 0 Å². The minimum absolute atomic E-state index is 0. The molecular weight excluding hydrogens is 338 g/mol. The van der Waals surface area contributed by atoms with Gasteiger partial charge in [0.05, 0.1) is 0 Å². The van der Waals surface area contributed by atoms with E-state index < -0.39 is 8.03 Å². The summed E-state index contributed by atoms with van der Waals surface area (Å²) in [6, 6.07) is 0. The van der Waals surface area contributed by atoms with Crippen LogP contribution in [0.15, 0.2) is 12.2 Å². The predicted molar refractivity (Wildman–Crippen MR) is 95.5 cm³/mol. The average Bonchev–Trinajstić information content (AvgIpc) is 2.46. The Morgan fingerprint density at radius 3 is 1.59 bits per heavy atom. The number of hydrogen-bond acceptors (Lipinski definition) is 1. The molecule has 0 amide bonds. The van der Waals surface area contributed by atoms with Crippen LogP contribution in [0, 0.1) is 0 Å². The van der Waals surface area contributed by atoms with E-state index in [1.165, 1.54) is 77.0 Å². The molecule has 1 atom stereocenters. The van der Waals surface area contributed by atoms with Gasteiger partial charge < -0.3 is 4.89 Å². The maximum absolute atomic E-state index is 10.5. The van der Waals surface area contributed by atoms with Gasteiger partial charge >= 0.3 is 0 Å². The number of allylic oxidation sites excluding steroid dienone is 2. The van der Waals surface area contributed by atoms with Crippen molar-refractivity contribution in [2.24, 2.45) is 0 Å². The summed E-state index contributed by atoms with van der Waals surface area (Å²) in [5, 5.41) is 0. The summed E-state index contributed by atoms with van der Waals surface area (Å²) in [5.41, 5.74) is 0. The zero-order valence-electron chi connectivity index (χ0n) is 14.4. The monoisotopic (exact) mass is 374 g/mol. The minimum atomic E-state index is -2.21. The van der Waals surface area contributed by atoms with Gasteiger partial charge in [0.2, 0.25) is 0 Å². The van der Waals surface area contributed by atoms with Crippen molar-refractivity contribution in [1.82, 2.24) is 0 Å². The minimum Gasteiger partial charge on any atom is -0.346 e. The molecule has 0 aliphatic heterocycles. The van der Waals surface area contributed by atoms with Crippen molar-refractivity contribution >= 4 is 8.03 Å². The third-order valence-electron chi connectivity index (χ3n) is 3.90. The molecule has 0 aromatic carbocycles. The van der Waals surface area contributed by atoms with Crippen LogP contribution in [0.3, 0.4) is 0 Å². The fourth-order valence-electron chi connectivity index (χ4n) is 2.52. The van der Waals surface area contributed by atoms with Crippen LogP contribution >= 0.6 is 8.03 Å². The third-order valence-corrected chi connectivity index (χ3v) is 4.68. The van der Waals surface area contributed by atoms with Gasteiger partial charge in [-0.2, -0.15) is 0 Å². The van der Waals surface area contributed by atoms with E-state index in [1.54, 1.807) is 0 Å². The molecule has 0 spiro atoms. The molecule has 0 heterocycles. The second-order valence-electron chi connectivity index (χ2n) is 6.08. The van der Waals surface area contributed by atoms with Crippen molar-refractivity contribution in [3.63, 3.8) is 0 Å². The number of rotatable bonds is 16. The Morgan fingerprint density at radius 1 is 0.727 bits per heavy atom. The number of unbranched alkanes of at least 4 members (excludes halogenated alkanes) is 12. The van der Waals surface area contributed by atoms with Gasteiger partial charge in [0.25, 0.3) is 0 Å². The molecule has 136 valence electrons. The van der Waals surface area contributed by atoms with E-state index in [-0.39, 0.29) is 16.5 Å². The van der Waals surface area contributed by atoms with Gasteiger partial charge in [0, 0.05) is 22.7 Å². The van der Waals surface area contributed by atoms with Gasteiger partial charge in [-0.05, 0) is 32.1 Å². The maximum atomic E-state index is 10.5. The van der Waals surface area contributed by atoms with Gasteiger partial charge in [0.15, 0.2) is 8.03 Å². The molecule has 1 N–H and O–H groups in total. The topological polar surface area (TPSA) is 37.3 Å². The van der Waals surface area contributed by atoms with E-state index in [1.807, 2.05) is 0 Å². The molecule has 0 rings (SSSR count). The van der Waals surface area contributed by atoms with Crippen molar-refractivity contribution < 1.29 is 25.9 Å². The quantitative estimate of drug-likeness (QED) is 0.145. The van der Waals surface area contributed by atoms with Gasteiger partial charge in [-0.3, -0.25) is 4.57 Å². The molecule has 22 heavy (non-hydrogen) atoms. The van der Waals surface area contributed by atoms with Crippen molar-refractivity contribution in [3.8, 4) is 0 Å². The molecule has 2 nitrogen and oxygen atoms in total. The molecule has 4 heteroatoms. The molecule has 1 unspecified atom stereocenters. The zero-order valence-corrected chi connectivity index (χ0v) is 16.4. The first-order chi connectivity index (χ1) is 10.3. The van der Waals surface area contributed by atoms with Crippen LogP contribution in [0.1, 0.15) is 96.8 Å². The Morgan fingerprint density at radius 2 is 1.14 bits per heavy atom. The van der Waals surface area contributed by atoms with Crippen LogP contribution in [0.2, 0.25) is 0 Å². The van der Waals surface area contributed by atoms with Gasteiger partial charge in [-0.25, -0.2) is 0 Å². The molecule has 0 saturated heterocycles. The normalized spacial score (nSPS) is 12.5. The average molecular weight is 375 g/mol. The van der Waals surface area contributed by atoms with E-state index in [9.17, 15) is 4.57 Å². The van der Waals surface area contributed by atoms with E-state index in [4.69, 9.17) is 4.89 Å².